The lowest BCUT2D eigenvalue weighted by atomic mass is 9.87. The van der Waals surface area contributed by atoms with Crippen molar-refractivity contribution in [3.8, 4) is 0 Å². The fourth-order valence-electron chi connectivity index (χ4n) is 2.51. The van der Waals surface area contributed by atoms with Crippen LogP contribution in [0.5, 0.6) is 0 Å². The molecule has 1 unspecified atom stereocenters. The summed E-state index contributed by atoms with van der Waals surface area (Å²) in [6, 6.07) is 20.0. The highest BCUT2D eigenvalue weighted by molar-refractivity contribution is 5.97. The molecule has 0 bridgehead atoms. The summed E-state index contributed by atoms with van der Waals surface area (Å²) in [5.41, 5.74) is 2.09. The number of unbranched alkanes of at least 4 members (excludes halogenated alkanes) is 1. The van der Waals surface area contributed by atoms with Gasteiger partial charge in [-0.05, 0) is 18.4 Å². The minimum atomic E-state index is 0.0970. The molecule has 0 aromatic heterocycles. The molecule has 20 heavy (non-hydrogen) atoms. The summed E-state index contributed by atoms with van der Waals surface area (Å²) in [5, 5.41) is 0. The minimum absolute atomic E-state index is 0.0970. The second-order valence-corrected chi connectivity index (χ2v) is 5.26. The van der Waals surface area contributed by atoms with Gasteiger partial charge in [-0.1, -0.05) is 80.4 Å². The first-order valence-electron chi connectivity index (χ1n) is 7.44. The van der Waals surface area contributed by atoms with E-state index >= 15 is 0 Å². The Morgan fingerprint density at radius 2 is 1.55 bits per heavy atom. The van der Waals surface area contributed by atoms with Crippen molar-refractivity contribution >= 4 is 5.78 Å². The SMILES string of the molecule is CCCCC(Cc1ccccc1)C(=O)c1ccccc1. The van der Waals surface area contributed by atoms with Crippen LogP contribution >= 0.6 is 0 Å². The van der Waals surface area contributed by atoms with Gasteiger partial charge in [0.05, 0.1) is 0 Å². The average Bonchev–Trinajstić information content (AvgIpc) is 2.52. The highest BCUT2D eigenvalue weighted by Gasteiger charge is 2.19. The zero-order valence-corrected chi connectivity index (χ0v) is 12.1. The predicted molar refractivity (Wildman–Crippen MR) is 83.9 cm³/mol. The molecule has 0 spiro atoms. The fraction of sp³-hybridized carbons (Fsp3) is 0.316. The molecular weight excluding hydrogens is 244 g/mol. The van der Waals surface area contributed by atoms with E-state index in [9.17, 15) is 4.79 Å². The Morgan fingerprint density at radius 3 is 2.15 bits per heavy atom. The molecule has 0 aliphatic carbocycles. The molecule has 0 saturated carbocycles. The van der Waals surface area contributed by atoms with Gasteiger partial charge in [-0.25, -0.2) is 0 Å². The third-order valence-electron chi connectivity index (χ3n) is 3.66. The maximum absolute atomic E-state index is 12.7. The smallest absolute Gasteiger partial charge is 0.166 e. The summed E-state index contributed by atoms with van der Waals surface area (Å²) in [4.78, 5) is 12.7. The van der Waals surface area contributed by atoms with Crippen molar-refractivity contribution in [1.29, 1.82) is 0 Å². The van der Waals surface area contributed by atoms with Crippen molar-refractivity contribution in [3.05, 3.63) is 71.8 Å². The lowest BCUT2D eigenvalue weighted by molar-refractivity contribution is 0.0911. The lowest BCUT2D eigenvalue weighted by Crippen LogP contribution is -2.17. The quantitative estimate of drug-likeness (QED) is 0.650. The molecule has 0 radical (unpaired) electrons. The van der Waals surface area contributed by atoms with Crippen molar-refractivity contribution in [1.82, 2.24) is 0 Å². The molecule has 2 aromatic rings. The van der Waals surface area contributed by atoms with E-state index in [1.807, 2.05) is 48.5 Å². The molecule has 104 valence electrons. The van der Waals surface area contributed by atoms with Gasteiger partial charge in [0.15, 0.2) is 5.78 Å². The number of rotatable bonds is 7. The third kappa shape index (κ3) is 4.06. The molecule has 0 amide bonds. The van der Waals surface area contributed by atoms with E-state index in [2.05, 4.69) is 19.1 Å². The topological polar surface area (TPSA) is 17.1 Å². The van der Waals surface area contributed by atoms with E-state index in [0.29, 0.717) is 0 Å². The molecule has 1 atom stereocenters. The second-order valence-electron chi connectivity index (χ2n) is 5.26. The largest absolute Gasteiger partial charge is 0.294 e. The molecule has 0 fully saturated rings. The second kappa shape index (κ2) is 7.64. The van der Waals surface area contributed by atoms with Crippen LogP contribution < -0.4 is 0 Å². The van der Waals surface area contributed by atoms with Gasteiger partial charge in [-0.2, -0.15) is 0 Å². The number of carbonyl (C=O) groups is 1. The van der Waals surface area contributed by atoms with Gasteiger partial charge in [0.2, 0.25) is 0 Å². The van der Waals surface area contributed by atoms with E-state index in [4.69, 9.17) is 0 Å². The van der Waals surface area contributed by atoms with Crippen LogP contribution in [0.25, 0.3) is 0 Å². The van der Waals surface area contributed by atoms with E-state index in [0.717, 1.165) is 31.2 Å². The number of Topliss-reactive ketones (excluding diaryl/α,β-unsaturated/α-hetero) is 1. The van der Waals surface area contributed by atoms with Crippen LogP contribution in [0.2, 0.25) is 0 Å². The lowest BCUT2D eigenvalue weighted by Gasteiger charge is -2.16. The zero-order chi connectivity index (χ0) is 14.2. The highest BCUT2D eigenvalue weighted by Crippen LogP contribution is 2.20. The van der Waals surface area contributed by atoms with Crippen LogP contribution in [0.15, 0.2) is 60.7 Å². The van der Waals surface area contributed by atoms with Gasteiger partial charge in [-0.15, -0.1) is 0 Å². The van der Waals surface area contributed by atoms with Crippen LogP contribution in [0, 0.1) is 5.92 Å². The fourth-order valence-corrected chi connectivity index (χ4v) is 2.51. The molecule has 0 heterocycles. The first-order chi connectivity index (χ1) is 9.81. The van der Waals surface area contributed by atoms with Gasteiger partial charge in [0.25, 0.3) is 0 Å². The maximum atomic E-state index is 12.7. The summed E-state index contributed by atoms with van der Waals surface area (Å²) < 4.78 is 0. The van der Waals surface area contributed by atoms with Crippen molar-refractivity contribution in [2.45, 2.75) is 32.6 Å². The third-order valence-corrected chi connectivity index (χ3v) is 3.66. The van der Waals surface area contributed by atoms with Gasteiger partial charge in [0, 0.05) is 11.5 Å². The number of hydrogen-bond donors (Lipinski definition) is 0. The summed E-state index contributed by atoms with van der Waals surface area (Å²) in [7, 11) is 0. The summed E-state index contributed by atoms with van der Waals surface area (Å²) in [6.07, 6.45) is 4.05. The Hall–Kier alpha value is -1.89. The van der Waals surface area contributed by atoms with E-state index < -0.39 is 0 Å². The minimum Gasteiger partial charge on any atom is -0.294 e. The Morgan fingerprint density at radius 1 is 0.950 bits per heavy atom. The van der Waals surface area contributed by atoms with Gasteiger partial charge in [0.1, 0.15) is 0 Å². The number of carbonyl (C=O) groups excluding carboxylic acids is 1. The monoisotopic (exact) mass is 266 g/mol. The molecule has 0 saturated heterocycles. The van der Waals surface area contributed by atoms with Crippen molar-refractivity contribution in [2.75, 3.05) is 0 Å². The van der Waals surface area contributed by atoms with Crippen LogP contribution in [0.1, 0.15) is 42.1 Å². The first kappa shape index (κ1) is 14.5. The standard InChI is InChI=1S/C19H22O/c1-2-3-12-18(15-16-10-6-4-7-11-16)19(20)17-13-8-5-9-14-17/h4-11,13-14,18H,2-3,12,15H2,1H3. The van der Waals surface area contributed by atoms with Gasteiger partial charge < -0.3 is 0 Å². The Kier molecular flexibility index (Phi) is 5.55. The van der Waals surface area contributed by atoms with Crippen LogP contribution in [0.4, 0.5) is 0 Å². The molecule has 0 aliphatic rings. The molecule has 2 rings (SSSR count). The molecule has 2 aromatic carbocycles. The normalized spacial score (nSPS) is 12.1. The van der Waals surface area contributed by atoms with Crippen molar-refractivity contribution in [3.63, 3.8) is 0 Å². The highest BCUT2D eigenvalue weighted by atomic mass is 16.1. The van der Waals surface area contributed by atoms with Gasteiger partial charge >= 0.3 is 0 Å². The van der Waals surface area contributed by atoms with E-state index in [1.54, 1.807) is 0 Å². The number of hydrogen-bond acceptors (Lipinski definition) is 1. The zero-order valence-electron chi connectivity index (χ0n) is 12.1. The number of benzene rings is 2. The summed E-state index contributed by atoms with van der Waals surface area (Å²) in [5.74, 6) is 0.377. The molecule has 0 N–H and O–H groups in total. The maximum Gasteiger partial charge on any atom is 0.166 e. The summed E-state index contributed by atoms with van der Waals surface area (Å²) in [6.45, 7) is 2.17. The van der Waals surface area contributed by atoms with Crippen molar-refractivity contribution < 1.29 is 4.79 Å². The molecule has 1 heteroatoms. The van der Waals surface area contributed by atoms with Crippen molar-refractivity contribution in [2.24, 2.45) is 5.92 Å². The molecule has 0 aliphatic heterocycles. The van der Waals surface area contributed by atoms with E-state index in [1.165, 1.54) is 5.56 Å². The Bertz CT molecular complexity index is 516. The molecule has 1 nitrogen and oxygen atoms in total. The predicted octanol–water partition coefficient (Wildman–Crippen LogP) is 4.92. The average molecular weight is 266 g/mol. The first-order valence-corrected chi connectivity index (χ1v) is 7.44. The Balaban J connectivity index is 2.13. The van der Waals surface area contributed by atoms with Crippen LogP contribution in [-0.2, 0) is 6.42 Å². The van der Waals surface area contributed by atoms with E-state index in [-0.39, 0.29) is 11.7 Å². The number of ketones is 1. The molecular formula is C19H22O. The van der Waals surface area contributed by atoms with Gasteiger partial charge in [-0.3, -0.25) is 4.79 Å². The van der Waals surface area contributed by atoms with Crippen LogP contribution in [-0.4, -0.2) is 5.78 Å². The Labute approximate surface area is 121 Å². The summed E-state index contributed by atoms with van der Waals surface area (Å²) >= 11 is 0. The van der Waals surface area contributed by atoms with Crippen LogP contribution in [0.3, 0.4) is 0 Å².